The smallest absolute Gasteiger partial charge is 0.151 e. The minimum atomic E-state index is -0.454. The molecular formula is C24H29FN6O. The average Bonchev–Trinajstić information content (AvgIpc) is 3.28. The van der Waals surface area contributed by atoms with Crippen molar-refractivity contribution in [2.24, 2.45) is 0 Å². The Morgan fingerprint density at radius 2 is 1.84 bits per heavy atom. The molecule has 2 bridgehead atoms. The number of hydrogen-bond donors (Lipinski definition) is 3. The number of aromatic hydroxyl groups is 1. The topological polar surface area (TPSA) is 90.0 Å². The number of H-pyrrole nitrogens is 1. The second kappa shape index (κ2) is 7.55. The second-order valence-corrected chi connectivity index (χ2v) is 9.89. The van der Waals surface area contributed by atoms with Crippen molar-refractivity contribution in [1.29, 1.82) is 0 Å². The highest BCUT2D eigenvalue weighted by molar-refractivity contribution is 5.74. The van der Waals surface area contributed by atoms with Crippen molar-refractivity contribution < 1.29 is 9.50 Å². The molecule has 2 aromatic heterocycles. The van der Waals surface area contributed by atoms with Crippen molar-refractivity contribution in [3.8, 4) is 28.1 Å². The van der Waals surface area contributed by atoms with Crippen LogP contribution in [0.4, 0.5) is 10.2 Å². The number of aromatic nitrogens is 4. The summed E-state index contributed by atoms with van der Waals surface area (Å²) in [6.07, 6.45) is 8.86. The maximum Gasteiger partial charge on any atom is 0.151 e. The Morgan fingerprint density at radius 3 is 2.47 bits per heavy atom. The summed E-state index contributed by atoms with van der Waals surface area (Å²) in [7, 11) is 2.07. The average molecular weight is 437 g/mol. The maximum absolute atomic E-state index is 14.7. The molecule has 4 heterocycles. The van der Waals surface area contributed by atoms with Gasteiger partial charge >= 0.3 is 0 Å². The summed E-state index contributed by atoms with van der Waals surface area (Å²) in [5.41, 5.74) is 1.89. The first-order valence-corrected chi connectivity index (χ1v) is 11.1. The maximum atomic E-state index is 14.7. The Labute approximate surface area is 187 Å². The monoisotopic (exact) mass is 436 g/mol. The van der Waals surface area contributed by atoms with Crippen LogP contribution < -0.4 is 10.2 Å². The van der Waals surface area contributed by atoms with E-state index < -0.39 is 5.82 Å². The Balaban J connectivity index is 1.38. The van der Waals surface area contributed by atoms with Gasteiger partial charge in [-0.15, -0.1) is 10.2 Å². The van der Waals surface area contributed by atoms with Crippen molar-refractivity contribution in [2.45, 2.75) is 63.1 Å². The quantitative estimate of drug-likeness (QED) is 0.566. The van der Waals surface area contributed by atoms with Crippen LogP contribution in [0.25, 0.3) is 22.4 Å². The molecule has 2 saturated heterocycles. The summed E-state index contributed by atoms with van der Waals surface area (Å²) in [5.74, 6) is 0.274. The van der Waals surface area contributed by atoms with E-state index in [1.54, 1.807) is 12.3 Å². The number of piperidine rings is 2. The largest absolute Gasteiger partial charge is 0.507 e. The molecule has 0 amide bonds. The molecule has 0 aliphatic carbocycles. The summed E-state index contributed by atoms with van der Waals surface area (Å²) in [6.45, 7) is 4.65. The first-order valence-electron chi connectivity index (χ1n) is 11.1. The number of phenolic OH excluding ortho intramolecular Hbond substituents is 1. The van der Waals surface area contributed by atoms with Crippen molar-refractivity contribution in [2.75, 3.05) is 11.9 Å². The van der Waals surface area contributed by atoms with Gasteiger partial charge in [0, 0.05) is 47.1 Å². The van der Waals surface area contributed by atoms with E-state index in [9.17, 15) is 9.50 Å². The van der Waals surface area contributed by atoms with E-state index in [2.05, 4.69) is 51.5 Å². The first-order chi connectivity index (χ1) is 15.3. The standard InChI is InChI=1S/C24H29FN6O/c1-23-7-4-8-24(2,30-23)12-16(11-23)31(3)22-6-5-20(28-29-22)18-9-19(25)17(10-21(18)32)15-13-26-27-14-15/h5-6,9-10,13-14,16,30,32H,4,7-8,11-12H2,1-3H3,(H,26,27)/t16?,23-,24+. The third kappa shape index (κ3) is 3.72. The van der Waals surface area contributed by atoms with Crippen LogP contribution in [0.15, 0.2) is 36.7 Å². The van der Waals surface area contributed by atoms with E-state index in [4.69, 9.17) is 0 Å². The van der Waals surface area contributed by atoms with Crippen molar-refractivity contribution in [3.63, 3.8) is 0 Å². The van der Waals surface area contributed by atoms with Crippen LogP contribution in [-0.2, 0) is 0 Å². The number of benzene rings is 1. The number of nitrogens with zero attached hydrogens (tertiary/aromatic N) is 4. The number of hydrogen-bond acceptors (Lipinski definition) is 6. The highest BCUT2D eigenvalue weighted by Gasteiger charge is 2.46. The van der Waals surface area contributed by atoms with Gasteiger partial charge in [0.2, 0.25) is 0 Å². The fraction of sp³-hybridized carbons (Fsp3) is 0.458. The zero-order valence-electron chi connectivity index (χ0n) is 18.7. The van der Waals surface area contributed by atoms with E-state index in [1.807, 2.05) is 6.07 Å². The zero-order chi connectivity index (χ0) is 22.5. The number of nitrogens with one attached hydrogen (secondary N) is 2. The normalized spacial score (nSPS) is 27.3. The van der Waals surface area contributed by atoms with Gasteiger partial charge in [-0.05, 0) is 70.2 Å². The Kier molecular flexibility index (Phi) is 4.93. The van der Waals surface area contributed by atoms with Gasteiger partial charge in [-0.3, -0.25) is 5.10 Å². The molecule has 2 aliphatic heterocycles. The van der Waals surface area contributed by atoms with Crippen LogP contribution in [0.5, 0.6) is 5.75 Å². The number of phenols is 1. The predicted octanol–water partition coefficient (Wildman–Crippen LogP) is 4.27. The lowest BCUT2D eigenvalue weighted by Crippen LogP contribution is -2.66. The first kappa shape index (κ1) is 20.9. The number of rotatable bonds is 4. The van der Waals surface area contributed by atoms with Crippen molar-refractivity contribution in [3.05, 3.63) is 42.5 Å². The highest BCUT2D eigenvalue weighted by atomic mass is 19.1. The Bertz CT molecular complexity index is 1100. The van der Waals surface area contributed by atoms with E-state index in [1.165, 1.54) is 37.6 Å². The van der Waals surface area contributed by atoms with E-state index in [0.29, 0.717) is 22.9 Å². The zero-order valence-corrected chi connectivity index (χ0v) is 18.7. The van der Waals surface area contributed by atoms with Crippen LogP contribution in [-0.4, -0.2) is 49.7 Å². The second-order valence-electron chi connectivity index (χ2n) is 9.89. The van der Waals surface area contributed by atoms with Gasteiger partial charge < -0.3 is 15.3 Å². The molecule has 0 saturated carbocycles. The molecule has 3 N–H and O–H groups in total. The van der Waals surface area contributed by atoms with Gasteiger partial charge in [-0.2, -0.15) is 5.10 Å². The predicted molar refractivity (Wildman–Crippen MR) is 122 cm³/mol. The molecule has 2 fully saturated rings. The fourth-order valence-electron chi connectivity index (χ4n) is 5.65. The van der Waals surface area contributed by atoms with Crippen LogP contribution in [0.1, 0.15) is 46.0 Å². The van der Waals surface area contributed by atoms with E-state index in [0.717, 1.165) is 18.7 Å². The highest BCUT2D eigenvalue weighted by Crippen LogP contribution is 2.42. The molecule has 7 nitrogen and oxygen atoms in total. The third-order valence-corrected chi connectivity index (χ3v) is 7.16. The molecule has 2 aliphatic rings. The molecular weight excluding hydrogens is 407 g/mol. The summed E-state index contributed by atoms with van der Waals surface area (Å²) in [6, 6.07) is 6.74. The number of fused-ring (bicyclic) bond motifs is 2. The minimum Gasteiger partial charge on any atom is -0.507 e. The molecule has 5 rings (SSSR count). The molecule has 1 unspecified atom stereocenters. The van der Waals surface area contributed by atoms with Crippen molar-refractivity contribution >= 4 is 5.82 Å². The Morgan fingerprint density at radius 1 is 1.09 bits per heavy atom. The van der Waals surface area contributed by atoms with Crippen LogP contribution in [0, 0.1) is 5.82 Å². The fourth-order valence-corrected chi connectivity index (χ4v) is 5.65. The van der Waals surface area contributed by atoms with E-state index >= 15 is 0 Å². The van der Waals surface area contributed by atoms with E-state index in [-0.39, 0.29) is 22.4 Å². The molecule has 0 radical (unpaired) electrons. The lowest BCUT2D eigenvalue weighted by Gasteiger charge is -2.55. The summed E-state index contributed by atoms with van der Waals surface area (Å²) < 4.78 is 14.7. The molecule has 168 valence electrons. The molecule has 32 heavy (non-hydrogen) atoms. The minimum absolute atomic E-state index is 0.0509. The number of aromatic amines is 1. The third-order valence-electron chi connectivity index (χ3n) is 7.16. The van der Waals surface area contributed by atoms with Gasteiger partial charge in [-0.25, -0.2) is 4.39 Å². The lowest BCUT2D eigenvalue weighted by molar-refractivity contribution is 0.0784. The number of anilines is 1. The van der Waals surface area contributed by atoms with Gasteiger partial charge in [0.05, 0.1) is 11.9 Å². The summed E-state index contributed by atoms with van der Waals surface area (Å²) >= 11 is 0. The molecule has 3 atom stereocenters. The molecule has 1 aromatic carbocycles. The SMILES string of the molecule is CN(c1ccc(-c2cc(F)c(-c3cn[nH]c3)cc2O)nn1)C1C[C@]2(C)CCC[C@](C)(C1)N2. The van der Waals surface area contributed by atoms with Crippen LogP contribution >= 0.6 is 0 Å². The summed E-state index contributed by atoms with van der Waals surface area (Å²) in [4.78, 5) is 2.21. The van der Waals surface area contributed by atoms with Crippen LogP contribution in [0.3, 0.4) is 0 Å². The number of halogens is 1. The van der Waals surface area contributed by atoms with Gasteiger partial charge in [0.15, 0.2) is 5.82 Å². The van der Waals surface area contributed by atoms with Gasteiger partial charge in [-0.1, -0.05) is 0 Å². The van der Waals surface area contributed by atoms with Gasteiger partial charge in [0.25, 0.3) is 0 Å². The Hall–Kier alpha value is -3.00. The van der Waals surface area contributed by atoms with Crippen LogP contribution in [0.2, 0.25) is 0 Å². The molecule has 8 heteroatoms. The molecule has 3 aromatic rings. The summed E-state index contributed by atoms with van der Waals surface area (Å²) in [5, 5.41) is 29.6. The van der Waals surface area contributed by atoms with Gasteiger partial charge in [0.1, 0.15) is 11.6 Å². The molecule has 0 spiro atoms. The van der Waals surface area contributed by atoms with Crippen molar-refractivity contribution in [1.82, 2.24) is 25.7 Å². The lowest BCUT2D eigenvalue weighted by atomic mass is 9.69.